The second kappa shape index (κ2) is 8.15. The summed E-state index contributed by atoms with van der Waals surface area (Å²) in [6.45, 7) is 6.34. The van der Waals surface area contributed by atoms with E-state index >= 15 is 0 Å². The summed E-state index contributed by atoms with van der Waals surface area (Å²) in [5, 5.41) is 5.88. The van der Waals surface area contributed by atoms with Crippen LogP contribution < -0.4 is 10.6 Å². The Morgan fingerprint density at radius 1 is 0.958 bits per heavy atom. The molecular weight excluding hydrogens is 304 g/mol. The Morgan fingerprint density at radius 2 is 1.62 bits per heavy atom. The molecule has 0 atom stereocenters. The number of hydrogen-bond donors (Lipinski definition) is 2. The smallest absolute Gasteiger partial charge is 0.338 e. The van der Waals surface area contributed by atoms with Crippen LogP contribution in [0.5, 0.6) is 0 Å². The molecule has 0 fully saturated rings. The Hall–Kier alpha value is -2.82. The van der Waals surface area contributed by atoms with Gasteiger partial charge in [-0.2, -0.15) is 0 Å². The predicted octanol–water partition coefficient (Wildman–Crippen LogP) is 3.53. The number of amides is 1. The van der Waals surface area contributed by atoms with Gasteiger partial charge in [0.05, 0.1) is 18.7 Å². The van der Waals surface area contributed by atoms with Gasteiger partial charge in [-0.1, -0.05) is 6.07 Å². The molecule has 0 aliphatic heterocycles. The lowest BCUT2D eigenvalue weighted by Gasteiger charge is -2.10. The van der Waals surface area contributed by atoms with Crippen LogP contribution in [0.1, 0.15) is 28.4 Å². The molecule has 1 amide bonds. The predicted molar refractivity (Wildman–Crippen MR) is 95.4 cm³/mol. The highest BCUT2D eigenvalue weighted by molar-refractivity contribution is 5.95. The normalized spacial score (nSPS) is 10.1. The number of carbonyl (C=O) groups is 2. The van der Waals surface area contributed by atoms with E-state index in [2.05, 4.69) is 10.6 Å². The molecule has 0 aliphatic rings. The first-order valence-corrected chi connectivity index (χ1v) is 7.87. The lowest BCUT2D eigenvalue weighted by atomic mass is 10.1. The van der Waals surface area contributed by atoms with Crippen LogP contribution >= 0.6 is 0 Å². The largest absolute Gasteiger partial charge is 0.462 e. The highest BCUT2D eigenvalue weighted by atomic mass is 16.5. The molecule has 2 N–H and O–H groups in total. The zero-order valence-electron chi connectivity index (χ0n) is 14.2. The quantitative estimate of drug-likeness (QED) is 0.797. The first-order chi connectivity index (χ1) is 11.5. The average Bonchev–Trinajstić information content (AvgIpc) is 2.57. The fourth-order valence-corrected chi connectivity index (χ4v) is 2.14. The number of carbonyl (C=O) groups excluding carboxylic acids is 2. The molecule has 0 saturated carbocycles. The summed E-state index contributed by atoms with van der Waals surface area (Å²) in [7, 11) is 0. The molecule has 0 heterocycles. The molecule has 24 heavy (non-hydrogen) atoms. The lowest BCUT2D eigenvalue weighted by molar-refractivity contribution is -0.114. The third-order valence-electron chi connectivity index (χ3n) is 3.64. The van der Waals surface area contributed by atoms with Crippen LogP contribution in [0.4, 0.5) is 11.4 Å². The van der Waals surface area contributed by atoms with Crippen molar-refractivity contribution in [2.45, 2.75) is 20.8 Å². The molecule has 0 aliphatic carbocycles. The minimum Gasteiger partial charge on any atom is -0.462 e. The molecule has 2 aromatic rings. The van der Waals surface area contributed by atoms with Crippen LogP contribution in [0.3, 0.4) is 0 Å². The van der Waals surface area contributed by atoms with E-state index < -0.39 is 0 Å². The van der Waals surface area contributed by atoms with Gasteiger partial charge in [0.25, 0.3) is 0 Å². The van der Waals surface area contributed by atoms with Crippen molar-refractivity contribution in [3.8, 4) is 0 Å². The van der Waals surface area contributed by atoms with Gasteiger partial charge in [-0.05, 0) is 68.3 Å². The molecule has 126 valence electrons. The Bertz CT molecular complexity index is 724. The highest BCUT2D eigenvalue weighted by Gasteiger charge is 2.07. The molecule has 0 saturated heterocycles. The first-order valence-electron chi connectivity index (χ1n) is 7.87. The highest BCUT2D eigenvalue weighted by Crippen LogP contribution is 2.14. The number of anilines is 2. The number of rotatable bonds is 6. The third kappa shape index (κ3) is 4.84. The number of aryl methyl sites for hydroxylation is 2. The van der Waals surface area contributed by atoms with E-state index in [1.807, 2.05) is 32.0 Å². The summed E-state index contributed by atoms with van der Waals surface area (Å²) in [4.78, 5) is 23.6. The van der Waals surface area contributed by atoms with Gasteiger partial charge in [0.1, 0.15) is 0 Å². The molecule has 5 nitrogen and oxygen atoms in total. The van der Waals surface area contributed by atoms with E-state index in [9.17, 15) is 9.59 Å². The van der Waals surface area contributed by atoms with Gasteiger partial charge in [0, 0.05) is 11.4 Å². The van der Waals surface area contributed by atoms with Crippen molar-refractivity contribution in [1.82, 2.24) is 0 Å². The maximum Gasteiger partial charge on any atom is 0.338 e. The van der Waals surface area contributed by atoms with Gasteiger partial charge < -0.3 is 15.4 Å². The zero-order valence-corrected chi connectivity index (χ0v) is 14.2. The second-order valence-corrected chi connectivity index (χ2v) is 5.50. The minimum absolute atomic E-state index is 0.155. The lowest BCUT2D eigenvalue weighted by Crippen LogP contribution is -2.21. The molecule has 0 radical (unpaired) electrons. The number of hydrogen-bond acceptors (Lipinski definition) is 4. The molecule has 5 heteroatoms. The standard InChI is InChI=1S/C19H22N2O3/c1-4-24-19(23)15-6-9-16(10-7-15)21-18(22)12-20-17-8-5-13(2)14(3)11-17/h5-11,20H,4,12H2,1-3H3,(H,21,22). The summed E-state index contributed by atoms with van der Waals surface area (Å²) < 4.78 is 4.92. The average molecular weight is 326 g/mol. The van der Waals surface area contributed by atoms with Crippen molar-refractivity contribution >= 4 is 23.3 Å². The van der Waals surface area contributed by atoms with Gasteiger partial charge in [0.15, 0.2) is 0 Å². The fourth-order valence-electron chi connectivity index (χ4n) is 2.14. The first kappa shape index (κ1) is 17.5. The SMILES string of the molecule is CCOC(=O)c1ccc(NC(=O)CNc2ccc(C)c(C)c2)cc1. The maximum atomic E-state index is 12.0. The van der Waals surface area contributed by atoms with Crippen molar-refractivity contribution < 1.29 is 14.3 Å². The van der Waals surface area contributed by atoms with Gasteiger partial charge in [-0.3, -0.25) is 4.79 Å². The molecule has 0 spiro atoms. The van der Waals surface area contributed by atoms with Crippen LogP contribution in [-0.2, 0) is 9.53 Å². The van der Waals surface area contributed by atoms with E-state index in [0.717, 1.165) is 5.69 Å². The number of ether oxygens (including phenoxy) is 1. The van der Waals surface area contributed by atoms with Gasteiger partial charge in [-0.25, -0.2) is 4.79 Å². The third-order valence-corrected chi connectivity index (χ3v) is 3.64. The van der Waals surface area contributed by atoms with Gasteiger partial charge >= 0.3 is 5.97 Å². The number of benzene rings is 2. The zero-order chi connectivity index (χ0) is 17.5. The van der Waals surface area contributed by atoms with E-state index in [1.165, 1.54) is 11.1 Å². The maximum absolute atomic E-state index is 12.0. The van der Waals surface area contributed by atoms with E-state index in [1.54, 1.807) is 31.2 Å². The summed E-state index contributed by atoms with van der Waals surface area (Å²) in [6, 6.07) is 12.6. The Balaban J connectivity index is 1.87. The van der Waals surface area contributed by atoms with Crippen LogP contribution in [0.15, 0.2) is 42.5 Å². The van der Waals surface area contributed by atoms with Crippen LogP contribution in [0.25, 0.3) is 0 Å². The second-order valence-electron chi connectivity index (χ2n) is 5.50. The molecular formula is C19H22N2O3. The van der Waals surface area contributed by atoms with Crippen molar-refractivity contribution in [2.24, 2.45) is 0 Å². The van der Waals surface area contributed by atoms with E-state index in [0.29, 0.717) is 17.9 Å². The summed E-state index contributed by atoms with van der Waals surface area (Å²) in [5.41, 5.74) is 4.39. The van der Waals surface area contributed by atoms with E-state index in [-0.39, 0.29) is 18.4 Å². The van der Waals surface area contributed by atoms with Crippen LogP contribution in [0.2, 0.25) is 0 Å². The fraction of sp³-hybridized carbons (Fsp3) is 0.263. The Morgan fingerprint density at radius 3 is 2.25 bits per heavy atom. The molecule has 2 aromatic carbocycles. The summed E-state index contributed by atoms with van der Waals surface area (Å²) >= 11 is 0. The van der Waals surface area contributed by atoms with Crippen molar-refractivity contribution in [3.05, 3.63) is 59.2 Å². The molecule has 2 rings (SSSR count). The van der Waals surface area contributed by atoms with Gasteiger partial charge in [0.2, 0.25) is 5.91 Å². The van der Waals surface area contributed by atoms with Crippen molar-refractivity contribution in [2.75, 3.05) is 23.8 Å². The topological polar surface area (TPSA) is 67.4 Å². The minimum atomic E-state index is -0.369. The number of nitrogens with one attached hydrogen (secondary N) is 2. The van der Waals surface area contributed by atoms with Crippen molar-refractivity contribution in [1.29, 1.82) is 0 Å². The van der Waals surface area contributed by atoms with Crippen LogP contribution in [-0.4, -0.2) is 25.0 Å². The number of esters is 1. The monoisotopic (exact) mass is 326 g/mol. The summed E-state index contributed by atoms with van der Waals surface area (Å²) in [5.74, 6) is -0.524. The Kier molecular flexibility index (Phi) is 5.95. The molecule has 0 unspecified atom stereocenters. The van der Waals surface area contributed by atoms with Gasteiger partial charge in [-0.15, -0.1) is 0 Å². The van der Waals surface area contributed by atoms with E-state index in [4.69, 9.17) is 4.74 Å². The molecule has 0 bridgehead atoms. The Labute approximate surface area is 142 Å². The van der Waals surface area contributed by atoms with Crippen LogP contribution in [0, 0.1) is 13.8 Å². The summed E-state index contributed by atoms with van der Waals surface area (Å²) in [6.07, 6.45) is 0. The molecule has 0 aromatic heterocycles. The van der Waals surface area contributed by atoms with Crippen molar-refractivity contribution in [3.63, 3.8) is 0 Å².